The van der Waals surface area contributed by atoms with E-state index < -0.39 is 35.1 Å². The SMILES string of the molecule is COC(=O)c1cc(C(=O)OCC(=O)N2c3ccccc3SCC2c2ccccc2)cc([N+](=O)[O-])c1. The largest absolute Gasteiger partial charge is 0.465 e. The first-order valence-corrected chi connectivity index (χ1v) is 11.5. The Bertz CT molecular complexity index is 1300. The molecule has 3 aromatic rings. The summed E-state index contributed by atoms with van der Waals surface area (Å²) in [6.45, 7) is -0.586. The molecular weight excluding hydrogens is 472 g/mol. The van der Waals surface area contributed by atoms with Crippen LogP contribution in [0.4, 0.5) is 11.4 Å². The van der Waals surface area contributed by atoms with Gasteiger partial charge in [0, 0.05) is 22.8 Å². The Morgan fingerprint density at radius 1 is 1.00 bits per heavy atom. The van der Waals surface area contributed by atoms with Gasteiger partial charge in [-0.2, -0.15) is 0 Å². The molecule has 1 unspecified atom stereocenters. The van der Waals surface area contributed by atoms with Crippen LogP contribution in [0.25, 0.3) is 0 Å². The lowest BCUT2D eigenvalue weighted by atomic mass is 10.1. The number of hydrogen-bond donors (Lipinski definition) is 0. The van der Waals surface area contributed by atoms with Gasteiger partial charge in [-0.05, 0) is 23.8 Å². The van der Waals surface area contributed by atoms with Gasteiger partial charge >= 0.3 is 11.9 Å². The molecule has 9 nitrogen and oxygen atoms in total. The molecule has 0 radical (unpaired) electrons. The van der Waals surface area contributed by atoms with E-state index >= 15 is 0 Å². The first-order chi connectivity index (χ1) is 16.9. The number of ether oxygens (including phenoxy) is 2. The van der Waals surface area contributed by atoms with E-state index in [1.54, 1.807) is 16.7 Å². The quantitative estimate of drug-likeness (QED) is 0.282. The maximum Gasteiger partial charge on any atom is 0.338 e. The van der Waals surface area contributed by atoms with E-state index in [2.05, 4.69) is 4.74 Å². The second kappa shape index (κ2) is 10.4. The van der Waals surface area contributed by atoms with Crippen LogP contribution in [-0.2, 0) is 14.3 Å². The van der Waals surface area contributed by atoms with Gasteiger partial charge < -0.3 is 9.47 Å². The van der Waals surface area contributed by atoms with E-state index in [-0.39, 0.29) is 17.2 Å². The molecule has 1 aliphatic heterocycles. The van der Waals surface area contributed by atoms with Crippen LogP contribution in [0.3, 0.4) is 0 Å². The lowest BCUT2D eigenvalue weighted by Gasteiger charge is -2.37. The van der Waals surface area contributed by atoms with Crippen LogP contribution in [0.5, 0.6) is 0 Å². The first kappa shape index (κ1) is 24.0. The van der Waals surface area contributed by atoms with E-state index in [1.807, 2.05) is 54.6 Å². The molecule has 0 spiro atoms. The van der Waals surface area contributed by atoms with E-state index in [0.717, 1.165) is 35.8 Å². The molecule has 1 aliphatic rings. The molecule has 4 rings (SSSR count). The van der Waals surface area contributed by atoms with Crippen molar-refractivity contribution in [1.82, 2.24) is 0 Å². The molecule has 0 saturated carbocycles. The second-order valence-corrected chi connectivity index (χ2v) is 8.62. The van der Waals surface area contributed by atoms with Gasteiger partial charge in [0.25, 0.3) is 11.6 Å². The Morgan fingerprint density at radius 3 is 2.34 bits per heavy atom. The zero-order valence-electron chi connectivity index (χ0n) is 18.6. The van der Waals surface area contributed by atoms with Crippen molar-refractivity contribution in [3.05, 3.63) is 99.6 Å². The maximum atomic E-state index is 13.3. The van der Waals surface area contributed by atoms with Gasteiger partial charge in [-0.1, -0.05) is 42.5 Å². The number of non-ortho nitro benzene ring substituents is 1. The summed E-state index contributed by atoms with van der Waals surface area (Å²) in [5.41, 5.74) is 0.766. The van der Waals surface area contributed by atoms with Gasteiger partial charge in [-0.25, -0.2) is 9.59 Å². The van der Waals surface area contributed by atoms with Crippen molar-refractivity contribution in [1.29, 1.82) is 0 Å². The highest BCUT2D eigenvalue weighted by molar-refractivity contribution is 7.99. The van der Waals surface area contributed by atoms with Crippen molar-refractivity contribution in [3.8, 4) is 0 Å². The van der Waals surface area contributed by atoms with Crippen molar-refractivity contribution in [2.75, 3.05) is 24.4 Å². The third kappa shape index (κ3) is 5.17. The first-order valence-electron chi connectivity index (χ1n) is 10.5. The van der Waals surface area contributed by atoms with Crippen molar-refractivity contribution in [2.45, 2.75) is 10.9 Å². The molecule has 10 heteroatoms. The highest BCUT2D eigenvalue weighted by Gasteiger charge is 2.33. The number of esters is 2. The molecule has 1 amide bonds. The van der Waals surface area contributed by atoms with Gasteiger partial charge in [-0.15, -0.1) is 11.8 Å². The average Bonchev–Trinajstić information content (AvgIpc) is 2.90. The fraction of sp³-hybridized carbons (Fsp3) is 0.160. The van der Waals surface area contributed by atoms with Crippen molar-refractivity contribution in [3.63, 3.8) is 0 Å². The number of nitro benzene ring substituents is 1. The van der Waals surface area contributed by atoms with Gasteiger partial charge in [-0.3, -0.25) is 19.8 Å². The van der Waals surface area contributed by atoms with Gasteiger partial charge in [0.15, 0.2) is 6.61 Å². The fourth-order valence-electron chi connectivity index (χ4n) is 3.77. The van der Waals surface area contributed by atoms with Crippen LogP contribution in [-0.4, -0.2) is 42.2 Å². The molecule has 0 bridgehead atoms. The zero-order valence-corrected chi connectivity index (χ0v) is 19.4. The Balaban J connectivity index is 1.58. The number of para-hydroxylation sites is 1. The predicted molar refractivity (Wildman–Crippen MR) is 129 cm³/mol. The summed E-state index contributed by atoms with van der Waals surface area (Å²) in [4.78, 5) is 50.9. The van der Waals surface area contributed by atoms with Gasteiger partial charge in [0.2, 0.25) is 0 Å². The summed E-state index contributed by atoms with van der Waals surface area (Å²) >= 11 is 1.64. The lowest BCUT2D eigenvalue weighted by molar-refractivity contribution is -0.384. The minimum atomic E-state index is -0.969. The molecule has 0 fully saturated rings. The zero-order chi connectivity index (χ0) is 24.9. The molecule has 0 N–H and O–H groups in total. The third-order valence-electron chi connectivity index (χ3n) is 5.40. The van der Waals surface area contributed by atoms with Crippen LogP contribution in [0.1, 0.15) is 32.3 Å². The molecule has 178 valence electrons. The van der Waals surface area contributed by atoms with Crippen LogP contribution in [0, 0.1) is 10.1 Å². The Hall–Kier alpha value is -4.18. The number of hydrogen-bond acceptors (Lipinski definition) is 8. The number of anilines is 1. The summed E-state index contributed by atoms with van der Waals surface area (Å²) in [7, 11) is 1.12. The number of benzene rings is 3. The Labute approximate surface area is 204 Å². The summed E-state index contributed by atoms with van der Waals surface area (Å²) < 4.78 is 9.83. The number of amides is 1. The maximum absolute atomic E-state index is 13.3. The number of thioether (sulfide) groups is 1. The van der Waals surface area contributed by atoms with Crippen molar-refractivity contribution < 1.29 is 28.8 Å². The fourth-order valence-corrected chi connectivity index (χ4v) is 4.94. The average molecular weight is 493 g/mol. The number of rotatable bonds is 6. The van der Waals surface area contributed by atoms with Crippen LogP contribution in [0.2, 0.25) is 0 Å². The Kier molecular flexibility index (Phi) is 7.11. The monoisotopic (exact) mass is 492 g/mol. The highest BCUT2D eigenvalue weighted by atomic mass is 32.2. The minimum absolute atomic E-state index is 0.175. The topological polar surface area (TPSA) is 116 Å². The van der Waals surface area contributed by atoms with Gasteiger partial charge in [0.05, 0.1) is 34.9 Å². The Morgan fingerprint density at radius 2 is 1.66 bits per heavy atom. The third-order valence-corrected chi connectivity index (χ3v) is 6.54. The number of carbonyl (C=O) groups is 3. The molecule has 0 aromatic heterocycles. The highest BCUT2D eigenvalue weighted by Crippen LogP contribution is 2.43. The van der Waals surface area contributed by atoms with Crippen molar-refractivity contribution in [2.24, 2.45) is 0 Å². The number of fused-ring (bicyclic) bond motifs is 1. The summed E-state index contributed by atoms with van der Waals surface area (Å²) in [6, 6.07) is 19.9. The summed E-state index contributed by atoms with van der Waals surface area (Å²) in [6.07, 6.45) is 0. The smallest absolute Gasteiger partial charge is 0.338 e. The van der Waals surface area contributed by atoms with Gasteiger partial charge in [0.1, 0.15) is 0 Å². The minimum Gasteiger partial charge on any atom is -0.465 e. The molecule has 1 heterocycles. The molecular formula is C25H20N2O7S. The number of methoxy groups -OCH3 is 1. The van der Waals surface area contributed by atoms with Crippen LogP contribution >= 0.6 is 11.8 Å². The number of carbonyl (C=O) groups excluding carboxylic acids is 3. The normalized spacial score (nSPS) is 14.5. The lowest BCUT2D eigenvalue weighted by Crippen LogP contribution is -2.41. The molecule has 0 saturated heterocycles. The van der Waals surface area contributed by atoms with E-state index in [1.165, 1.54) is 0 Å². The number of nitrogens with zero attached hydrogens (tertiary/aromatic N) is 2. The van der Waals surface area contributed by atoms with E-state index in [4.69, 9.17) is 4.74 Å². The van der Waals surface area contributed by atoms with E-state index in [0.29, 0.717) is 11.4 Å². The standard InChI is InChI=1S/C25H20N2O7S/c1-33-24(29)17-11-18(13-19(12-17)27(31)32)25(30)34-14-23(28)26-20-9-5-6-10-22(20)35-15-21(26)16-7-3-2-4-8-16/h2-13,21H,14-15H2,1H3. The molecule has 3 aromatic carbocycles. The second-order valence-electron chi connectivity index (χ2n) is 7.56. The summed E-state index contributed by atoms with van der Waals surface area (Å²) in [5, 5.41) is 11.2. The molecule has 1 atom stereocenters. The summed E-state index contributed by atoms with van der Waals surface area (Å²) in [5.74, 6) is -1.64. The van der Waals surface area contributed by atoms with E-state index in [9.17, 15) is 24.5 Å². The van der Waals surface area contributed by atoms with Crippen molar-refractivity contribution >= 4 is 41.0 Å². The van der Waals surface area contributed by atoms with Crippen LogP contribution < -0.4 is 4.90 Å². The molecule has 0 aliphatic carbocycles. The number of nitro groups is 1. The molecule has 35 heavy (non-hydrogen) atoms. The van der Waals surface area contributed by atoms with Crippen LogP contribution in [0.15, 0.2) is 77.7 Å². The predicted octanol–water partition coefficient (Wildman–Crippen LogP) is 4.42.